The van der Waals surface area contributed by atoms with E-state index in [0.29, 0.717) is 18.4 Å². The molecule has 2 N–H and O–H groups in total. The summed E-state index contributed by atoms with van der Waals surface area (Å²) in [5, 5.41) is 17.9. The van der Waals surface area contributed by atoms with Crippen LogP contribution >= 0.6 is 0 Å². The van der Waals surface area contributed by atoms with Crippen LogP contribution in [-0.4, -0.2) is 22.2 Å². The fourth-order valence-corrected chi connectivity index (χ4v) is 2.30. The lowest BCUT2D eigenvalue weighted by molar-refractivity contribution is -0.136. The van der Waals surface area contributed by atoms with Crippen LogP contribution in [-0.2, 0) is 24.1 Å². The maximum Gasteiger partial charge on any atom is 0.335 e. The van der Waals surface area contributed by atoms with Crippen molar-refractivity contribution in [3.8, 4) is 0 Å². The average Bonchev–Trinajstić information content (AvgIpc) is 2.45. The summed E-state index contributed by atoms with van der Waals surface area (Å²) < 4.78 is 0. The molecular weight excluding hydrogens is 268 g/mol. The number of carbonyl (C=O) groups is 2. The minimum atomic E-state index is -0.926. The van der Waals surface area contributed by atoms with Gasteiger partial charge in [0.1, 0.15) is 0 Å². The van der Waals surface area contributed by atoms with E-state index in [4.69, 9.17) is 10.2 Å². The van der Waals surface area contributed by atoms with E-state index >= 15 is 0 Å². The Morgan fingerprint density at radius 1 is 0.857 bits per heavy atom. The van der Waals surface area contributed by atoms with Crippen LogP contribution in [0.2, 0.25) is 0 Å². The molecule has 4 heteroatoms. The van der Waals surface area contributed by atoms with Crippen molar-refractivity contribution in [1.29, 1.82) is 0 Å². The van der Waals surface area contributed by atoms with Gasteiger partial charge >= 0.3 is 11.9 Å². The van der Waals surface area contributed by atoms with Gasteiger partial charge < -0.3 is 10.2 Å². The minimum Gasteiger partial charge on any atom is -0.481 e. The molecule has 21 heavy (non-hydrogen) atoms. The first-order chi connectivity index (χ1) is 10.1. The smallest absolute Gasteiger partial charge is 0.335 e. The number of aliphatic carboxylic acids is 1. The Kier molecular flexibility index (Phi) is 4.72. The summed E-state index contributed by atoms with van der Waals surface area (Å²) in [6.07, 6.45) is 1.29. The molecule has 0 saturated carbocycles. The Hall–Kier alpha value is -2.62. The molecule has 0 aliphatic carbocycles. The van der Waals surface area contributed by atoms with Crippen molar-refractivity contribution in [2.75, 3.05) is 0 Å². The molecule has 0 unspecified atom stereocenters. The third kappa shape index (κ3) is 4.18. The second-order valence-electron chi connectivity index (χ2n) is 4.85. The van der Waals surface area contributed by atoms with Crippen LogP contribution in [0.1, 0.15) is 27.0 Å². The van der Waals surface area contributed by atoms with Gasteiger partial charge in [-0.3, -0.25) is 4.79 Å². The predicted octanol–water partition coefficient (Wildman–Crippen LogP) is 2.80. The quantitative estimate of drug-likeness (QED) is 0.855. The largest absolute Gasteiger partial charge is 0.481 e. The number of carboxylic acids is 2. The molecule has 0 heterocycles. The Balaban J connectivity index is 2.10. The van der Waals surface area contributed by atoms with Gasteiger partial charge in [0, 0.05) is 0 Å². The lowest BCUT2D eigenvalue weighted by Gasteiger charge is -2.07. The van der Waals surface area contributed by atoms with Gasteiger partial charge in [0.25, 0.3) is 0 Å². The molecule has 0 radical (unpaired) electrons. The van der Waals surface area contributed by atoms with Gasteiger partial charge in [0.05, 0.1) is 12.0 Å². The molecule has 2 aromatic rings. The van der Waals surface area contributed by atoms with Gasteiger partial charge in [-0.05, 0) is 35.6 Å². The zero-order chi connectivity index (χ0) is 15.2. The molecular formula is C17H16O4. The zero-order valence-electron chi connectivity index (χ0n) is 11.5. The highest BCUT2D eigenvalue weighted by Gasteiger charge is 2.09. The highest BCUT2D eigenvalue weighted by atomic mass is 16.4. The van der Waals surface area contributed by atoms with Crippen LogP contribution in [0.15, 0.2) is 48.5 Å². The summed E-state index contributed by atoms with van der Waals surface area (Å²) in [4.78, 5) is 21.9. The van der Waals surface area contributed by atoms with Gasteiger partial charge in [-0.1, -0.05) is 42.5 Å². The number of benzene rings is 2. The number of hydrogen-bond donors (Lipinski definition) is 2. The summed E-state index contributed by atoms with van der Waals surface area (Å²) in [6, 6.07) is 14.3. The van der Waals surface area contributed by atoms with Gasteiger partial charge in [-0.2, -0.15) is 0 Å². The Morgan fingerprint density at radius 2 is 1.57 bits per heavy atom. The SMILES string of the molecule is O=C(O)Cc1cccc(CCc2ccccc2C(=O)O)c1. The molecule has 0 saturated heterocycles. The van der Waals surface area contributed by atoms with Crippen LogP contribution in [0.4, 0.5) is 0 Å². The molecule has 0 spiro atoms. The molecule has 0 amide bonds. The van der Waals surface area contributed by atoms with E-state index in [1.807, 2.05) is 30.3 Å². The first kappa shape index (κ1) is 14.8. The van der Waals surface area contributed by atoms with Crippen LogP contribution in [0.25, 0.3) is 0 Å². The average molecular weight is 284 g/mol. The number of hydrogen-bond acceptors (Lipinski definition) is 2. The lowest BCUT2D eigenvalue weighted by atomic mass is 9.98. The molecule has 2 rings (SSSR count). The normalized spacial score (nSPS) is 10.3. The van der Waals surface area contributed by atoms with E-state index in [-0.39, 0.29) is 6.42 Å². The number of carboxylic acid groups (broad SMARTS) is 2. The van der Waals surface area contributed by atoms with E-state index in [0.717, 1.165) is 16.7 Å². The Morgan fingerprint density at radius 3 is 2.29 bits per heavy atom. The number of rotatable bonds is 6. The number of aryl methyl sites for hydroxylation is 2. The lowest BCUT2D eigenvalue weighted by Crippen LogP contribution is -2.04. The summed E-state index contributed by atoms with van der Waals surface area (Å²) in [6.45, 7) is 0. The molecule has 0 aliphatic heterocycles. The highest BCUT2D eigenvalue weighted by molar-refractivity contribution is 5.89. The van der Waals surface area contributed by atoms with Gasteiger partial charge in [-0.15, -0.1) is 0 Å². The molecule has 0 fully saturated rings. The van der Waals surface area contributed by atoms with E-state index in [9.17, 15) is 9.59 Å². The Labute approximate surface area is 122 Å². The van der Waals surface area contributed by atoms with Crippen LogP contribution in [0.3, 0.4) is 0 Å². The second kappa shape index (κ2) is 6.70. The van der Waals surface area contributed by atoms with Crippen molar-refractivity contribution < 1.29 is 19.8 Å². The summed E-state index contributed by atoms with van der Waals surface area (Å²) >= 11 is 0. The molecule has 0 aromatic heterocycles. The van der Waals surface area contributed by atoms with Crippen molar-refractivity contribution in [2.24, 2.45) is 0 Å². The van der Waals surface area contributed by atoms with Crippen LogP contribution in [0, 0.1) is 0 Å². The number of aromatic carboxylic acids is 1. The molecule has 4 nitrogen and oxygen atoms in total. The maximum absolute atomic E-state index is 11.1. The highest BCUT2D eigenvalue weighted by Crippen LogP contribution is 2.14. The van der Waals surface area contributed by atoms with Crippen LogP contribution in [0.5, 0.6) is 0 Å². The third-order valence-electron chi connectivity index (χ3n) is 3.28. The molecule has 0 aliphatic rings. The van der Waals surface area contributed by atoms with Crippen LogP contribution < -0.4 is 0 Å². The Bertz CT molecular complexity index is 661. The standard InChI is InChI=1S/C17H16O4/c18-16(19)11-13-5-3-4-12(10-13)8-9-14-6-1-2-7-15(14)17(20)21/h1-7,10H,8-9,11H2,(H,18,19)(H,20,21). The molecule has 0 bridgehead atoms. The van der Waals surface area contributed by atoms with E-state index in [1.165, 1.54) is 0 Å². The van der Waals surface area contributed by atoms with Gasteiger partial charge in [0.2, 0.25) is 0 Å². The third-order valence-corrected chi connectivity index (χ3v) is 3.28. The van der Waals surface area contributed by atoms with Crippen molar-refractivity contribution in [3.05, 3.63) is 70.8 Å². The second-order valence-corrected chi connectivity index (χ2v) is 4.85. The summed E-state index contributed by atoms with van der Waals surface area (Å²) in [5.74, 6) is -1.78. The van der Waals surface area contributed by atoms with E-state index in [1.54, 1.807) is 18.2 Å². The van der Waals surface area contributed by atoms with E-state index < -0.39 is 11.9 Å². The van der Waals surface area contributed by atoms with Gasteiger partial charge in [0.15, 0.2) is 0 Å². The van der Waals surface area contributed by atoms with Crippen molar-refractivity contribution >= 4 is 11.9 Å². The van der Waals surface area contributed by atoms with Gasteiger partial charge in [-0.25, -0.2) is 4.79 Å². The minimum absolute atomic E-state index is 0.000444. The fraction of sp³-hybridized carbons (Fsp3) is 0.176. The summed E-state index contributed by atoms with van der Waals surface area (Å²) in [5.41, 5.74) is 2.87. The van der Waals surface area contributed by atoms with Crippen molar-refractivity contribution in [3.63, 3.8) is 0 Å². The monoisotopic (exact) mass is 284 g/mol. The zero-order valence-corrected chi connectivity index (χ0v) is 11.5. The molecule has 2 aromatic carbocycles. The maximum atomic E-state index is 11.1. The van der Waals surface area contributed by atoms with Crippen molar-refractivity contribution in [1.82, 2.24) is 0 Å². The fourth-order valence-electron chi connectivity index (χ4n) is 2.30. The van der Waals surface area contributed by atoms with Crippen molar-refractivity contribution in [2.45, 2.75) is 19.3 Å². The first-order valence-electron chi connectivity index (χ1n) is 6.67. The first-order valence-corrected chi connectivity index (χ1v) is 6.67. The summed E-state index contributed by atoms with van der Waals surface area (Å²) in [7, 11) is 0. The van der Waals surface area contributed by atoms with E-state index in [2.05, 4.69) is 0 Å². The topological polar surface area (TPSA) is 74.6 Å². The molecule has 108 valence electrons. The molecule has 0 atom stereocenters. The predicted molar refractivity (Wildman–Crippen MR) is 78.6 cm³/mol.